The Labute approximate surface area is 97.6 Å². The van der Waals surface area contributed by atoms with Gasteiger partial charge in [-0.05, 0) is 18.4 Å². The number of aromatic nitrogens is 1. The van der Waals surface area contributed by atoms with Gasteiger partial charge in [0.25, 0.3) is 0 Å². The molecule has 6 nitrogen and oxygen atoms in total. The van der Waals surface area contributed by atoms with Crippen molar-refractivity contribution in [1.82, 2.24) is 9.63 Å². The number of nitrogens with zero attached hydrogens (tertiary/aromatic N) is 2. The number of carbonyl (C=O) groups is 1. The van der Waals surface area contributed by atoms with Gasteiger partial charge in [0.1, 0.15) is 0 Å². The maximum absolute atomic E-state index is 11.7. The lowest BCUT2D eigenvalue weighted by atomic mass is 10.2. The van der Waals surface area contributed by atoms with Gasteiger partial charge in [0.15, 0.2) is 0 Å². The standard InChI is InChI=1S/C11H12N2O4/c1-12-6-2-3-8(7-12)11(16)17-13-9(14)4-5-10(13)15/h2-6,14-15H,7H2,1H3. The van der Waals surface area contributed by atoms with E-state index in [1.165, 1.54) is 12.1 Å². The summed E-state index contributed by atoms with van der Waals surface area (Å²) >= 11 is 0. The lowest BCUT2D eigenvalue weighted by Crippen LogP contribution is -2.27. The Hall–Kier alpha value is -2.37. The van der Waals surface area contributed by atoms with Crippen LogP contribution in [0.3, 0.4) is 0 Å². The third kappa shape index (κ3) is 2.25. The minimum absolute atomic E-state index is 0.337. The summed E-state index contributed by atoms with van der Waals surface area (Å²) in [5, 5.41) is 18.6. The van der Waals surface area contributed by atoms with Crippen molar-refractivity contribution < 1.29 is 19.8 Å². The van der Waals surface area contributed by atoms with E-state index in [0.717, 1.165) is 0 Å². The van der Waals surface area contributed by atoms with Gasteiger partial charge >= 0.3 is 5.97 Å². The predicted octanol–water partition coefficient (Wildman–Crippen LogP) is 0.240. The van der Waals surface area contributed by atoms with Crippen molar-refractivity contribution in [2.75, 3.05) is 13.6 Å². The van der Waals surface area contributed by atoms with Crippen LogP contribution in [0.4, 0.5) is 0 Å². The number of aromatic hydroxyl groups is 2. The van der Waals surface area contributed by atoms with Crippen molar-refractivity contribution in [1.29, 1.82) is 0 Å². The average Bonchev–Trinajstić information content (AvgIpc) is 2.61. The fourth-order valence-corrected chi connectivity index (χ4v) is 1.45. The molecular weight excluding hydrogens is 224 g/mol. The minimum atomic E-state index is -0.622. The lowest BCUT2D eigenvalue weighted by molar-refractivity contribution is -0.141. The Bertz CT molecular complexity index is 482. The molecule has 2 heterocycles. The van der Waals surface area contributed by atoms with E-state index in [0.29, 0.717) is 16.8 Å². The summed E-state index contributed by atoms with van der Waals surface area (Å²) in [5.41, 5.74) is 0.433. The molecule has 0 atom stereocenters. The van der Waals surface area contributed by atoms with E-state index in [1.54, 1.807) is 12.2 Å². The van der Waals surface area contributed by atoms with Gasteiger partial charge in [-0.3, -0.25) is 0 Å². The molecule has 0 amide bonds. The largest absolute Gasteiger partial charge is 0.492 e. The second kappa shape index (κ2) is 4.25. The molecule has 0 spiro atoms. The van der Waals surface area contributed by atoms with Crippen LogP contribution in [-0.4, -0.2) is 39.4 Å². The molecule has 0 radical (unpaired) electrons. The maximum Gasteiger partial charge on any atom is 0.361 e. The molecule has 0 saturated heterocycles. The number of rotatable bonds is 2. The van der Waals surface area contributed by atoms with E-state index in [1.807, 2.05) is 18.1 Å². The highest BCUT2D eigenvalue weighted by atomic mass is 16.7. The zero-order chi connectivity index (χ0) is 12.4. The van der Waals surface area contributed by atoms with Crippen molar-refractivity contribution >= 4 is 5.97 Å². The van der Waals surface area contributed by atoms with Gasteiger partial charge in [-0.2, -0.15) is 0 Å². The normalized spacial score (nSPS) is 14.6. The topological polar surface area (TPSA) is 74.9 Å². The minimum Gasteiger partial charge on any atom is -0.492 e. The van der Waals surface area contributed by atoms with Gasteiger partial charge in [0.05, 0.1) is 5.57 Å². The molecule has 2 N–H and O–H groups in total. The van der Waals surface area contributed by atoms with Crippen molar-refractivity contribution in [2.45, 2.75) is 0 Å². The molecule has 0 fully saturated rings. The first-order valence-electron chi connectivity index (χ1n) is 4.98. The van der Waals surface area contributed by atoms with E-state index in [2.05, 4.69) is 0 Å². The number of hydrogen-bond donors (Lipinski definition) is 2. The van der Waals surface area contributed by atoms with Gasteiger partial charge < -0.3 is 20.0 Å². The molecule has 2 rings (SSSR count). The van der Waals surface area contributed by atoms with Crippen LogP contribution in [0.25, 0.3) is 0 Å². The van der Waals surface area contributed by atoms with Gasteiger partial charge in [0, 0.05) is 25.7 Å². The SMILES string of the molecule is CN1C=CC=C(C(=O)On2c(O)ccc2O)C1. The van der Waals surface area contributed by atoms with Crippen LogP contribution in [0.1, 0.15) is 0 Å². The molecule has 0 aromatic carbocycles. The van der Waals surface area contributed by atoms with E-state index < -0.39 is 5.97 Å². The second-order valence-corrected chi connectivity index (χ2v) is 3.67. The molecule has 0 unspecified atom stereocenters. The zero-order valence-electron chi connectivity index (χ0n) is 9.20. The van der Waals surface area contributed by atoms with E-state index >= 15 is 0 Å². The third-order valence-corrected chi connectivity index (χ3v) is 2.29. The monoisotopic (exact) mass is 236 g/mol. The van der Waals surface area contributed by atoms with Crippen molar-refractivity contribution in [3.05, 3.63) is 36.1 Å². The Balaban J connectivity index is 2.13. The van der Waals surface area contributed by atoms with Gasteiger partial charge in [-0.15, -0.1) is 4.73 Å². The van der Waals surface area contributed by atoms with E-state index in [9.17, 15) is 15.0 Å². The first-order valence-corrected chi connectivity index (χ1v) is 4.98. The van der Waals surface area contributed by atoms with Crippen LogP contribution in [0.15, 0.2) is 36.1 Å². The summed E-state index contributed by atoms with van der Waals surface area (Å²) < 4.78 is 0.668. The predicted molar refractivity (Wildman–Crippen MR) is 59.2 cm³/mol. The van der Waals surface area contributed by atoms with Crippen molar-refractivity contribution in [2.24, 2.45) is 0 Å². The summed E-state index contributed by atoms with van der Waals surface area (Å²) in [7, 11) is 1.82. The second-order valence-electron chi connectivity index (χ2n) is 3.67. The Kier molecular flexibility index (Phi) is 2.78. The van der Waals surface area contributed by atoms with Gasteiger partial charge in [0.2, 0.25) is 11.8 Å². The number of carbonyl (C=O) groups excluding carboxylic acids is 1. The first-order chi connectivity index (χ1) is 8.08. The molecule has 0 bridgehead atoms. The molecular formula is C11H12N2O4. The Morgan fingerprint density at radius 2 is 2.00 bits per heavy atom. The third-order valence-electron chi connectivity index (χ3n) is 2.29. The fraction of sp³-hybridized carbons (Fsp3) is 0.182. The summed E-state index contributed by atoms with van der Waals surface area (Å²) in [6.07, 6.45) is 5.16. The molecule has 1 aromatic heterocycles. The van der Waals surface area contributed by atoms with Crippen LogP contribution < -0.4 is 4.84 Å². The number of likely N-dealkylation sites (N-methyl/N-ethyl adjacent to an activating group) is 1. The maximum atomic E-state index is 11.7. The summed E-state index contributed by atoms with van der Waals surface area (Å²) in [6, 6.07) is 2.45. The fourth-order valence-electron chi connectivity index (χ4n) is 1.45. The quantitative estimate of drug-likeness (QED) is 0.769. The first kappa shape index (κ1) is 11.1. The smallest absolute Gasteiger partial charge is 0.361 e. The van der Waals surface area contributed by atoms with Crippen molar-refractivity contribution in [3.8, 4) is 11.8 Å². The molecule has 0 aliphatic carbocycles. The van der Waals surface area contributed by atoms with Gasteiger partial charge in [-0.25, -0.2) is 4.79 Å². The lowest BCUT2D eigenvalue weighted by Gasteiger charge is -2.18. The van der Waals surface area contributed by atoms with Crippen LogP contribution in [0.5, 0.6) is 11.8 Å². The molecule has 6 heteroatoms. The molecule has 90 valence electrons. The summed E-state index contributed by atoms with van der Waals surface area (Å²) in [6.45, 7) is 0.415. The zero-order valence-corrected chi connectivity index (χ0v) is 9.20. The van der Waals surface area contributed by atoms with Crippen LogP contribution >= 0.6 is 0 Å². The molecule has 17 heavy (non-hydrogen) atoms. The summed E-state index contributed by atoms with van der Waals surface area (Å²) in [4.78, 5) is 18.4. The number of allylic oxidation sites excluding steroid dienone is 2. The Morgan fingerprint density at radius 1 is 1.35 bits per heavy atom. The van der Waals surface area contributed by atoms with Crippen LogP contribution in [0, 0.1) is 0 Å². The molecule has 1 aliphatic heterocycles. The molecule has 1 aliphatic rings. The van der Waals surface area contributed by atoms with Crippen LogP contribution in [0.2, 0.25) is 0 Å². The molecule has 1 aromatic rings. The number of hydrogen-bond acceptors (Lipinski definition) is 5. The van der Waals surface area contributed by atoms with Gasteiger partial charge in [-0.1, -0.05) is 0 Å². The highest BCUT2D eigenvalue weighted by molar-refractivity contribution is 5.89. The molecule has 0 saturated carbocycles. The van der Waals surface area contributed by atoms with E-state index in [4.69, 9.17) is 4.84 Å². The Morgan fingerprint density at radius 3 is 2.59 bits per heavy atom. The summed E-state index contributed by atoms with van der Waals surface area (Å²) in [5.74, 6) is -1.30. The van der Waals surface area contributed by atoms with E-state index in [-0.39, 0.29) is 11.8 Å². The highest BCUT2D eigenvalue weighted by Crippen LogP contribution is 2.19. The van der Waals surface area contributed by atoms with Crippen molar-refractivity contribution in [3.63, 3.8) is 0 Å². The van der Waals surface area contributed by atoms with Crippen LogP contribution in [-0.2, 0) is 4.79 Å². The average molecular weight is 236 g/mol. The highest BCUT2D eigenvalue weighted by Gasteiger charge is 2.18.